The first-order chi connectivity index (χ1) is 5.80. The first-order valence-electron chi connectivity index (χ1n) is 3.59. The summed E-state index contributed by atoms with van der Waals surface area (Å²) in [7, 11) is 0. The maximum Gasteiger partial charge on any atom is 0.186 e. The Morgan fingerprint density at radius 1 is 1.31 bits per heavy atom. The van der Waals surface area contributed by atoms with Crippen molar-refractivity contribution in [1.29, 1.82) is 0 Å². The second-order valence-corrected chi connectivity index (χ2v) is 3.11. The number of allylic oxidation sites excluding steroid dienone is 2. The summed E-state index contributed by atoms with van der Waals surface area (Å²) in [4.78, 5) is 0. The van der Waals surface area contributed by atoms with Crippen molar-refractivity contribution in [3.8, 4) is 0 Å². The minimum atomic E-state index is -2.74. The molecule has 0 aliphatic heterocycles. The van der Waals surface area contributed by atoms with Crippen molar-refractivity contribution in [2.45, 2.75) is 25.6 Å². The fourth-order valence-electron chi connectivity index (χ4n) is 1.04. The summed E-state index contributed by atoms with van der Waals surface area (Å²) in [5.74, 6) is -4.67. The van der Waals surface area contributed by atoms with E-state index in [0.717, 1.165) is 6.92 Å². The van der Waals surface area contributed by atoms with E-state index >= 15 is 0 Å². The molecule has 1 nitrogen and oxygen atoms in total. The summed E-state index contributed by atoms with van der Waals surface area (Å²) in [5, 5.41) is 9.05. The minimum absolute atomic E-state index is 0.679. The molecule has 13 heavy (non-hydrogen) atoms. The first-order valence-corrected chi connectivity index (χ1v) is 3.59. The Balaban J connectivity index is 3.32. The zero-order valence-corrected chi connectivity index (χ0v) is 7.04. The number of alkyl halides is 1. The molecule has 0 saturated heterocycles. The van der Waals surface area contributed by atoms with Crippen LogP contribution in [0.1, 0.15) is 13.8 Å². The number of hydrogen-bond acceptors (Lipinski definition) is 1. The summed E-state index contributed by atoms with van der Waals surface area (Å²) in [6, 6.07) is 0. The second kappa shape index (κ2) is 2.83. The van der Waals surface area contributed by atoms with Gasteiger partial charge in [-0.25, -0.2) is 17.6 Å². The Hall–Kier alpha value is -0.840. The summed E-state index contributed by atoms with van der Waals surface area (Å²) >= 11 is 0. The van der Waals surface area contributed by atoms with Crippen molar-refractivity contribution in [3.63, 3.8) is 0 Å². The van der Waals surface area contributed by atoms with E-state index in [9.17, 15) is 17.6 Å². The van der Waals surface area contributed by atoms with Crippen molar-refractivity contribution >= 4 is 0 Å². The van der Waals surface area contributed by atoms with E-state index in [1.165, 1.54) is 0 Å². The van der Waals surface area contributed by atoms with Crippen LogP contribution in [0.4, 0.5) is 17.6 Å². The number of rotatable bonds is 0. The van der Waals surface area contributed by atoms with E-state index in [0.29, 0.717) is 6.92 Å². The van der Waals surface area contributed by atoms with Gasteiger partial charge in [0, 0.05) is 5.57 Å². The van der Waals surface area contributed by atoms with Gasteiger partial charge in [0.2, 0.25) is 0 Å². The quantitative estimate of drug-likeness (QED) is 0.590. The Kier molecular flexibility index (Phi) is 2.23. The van der Waals surface area contributed by atoms with Gasteiger partial charge in [-0.15, -0.1) is 0 Å². The third kappa shape index (κ3) is 1.27. The average molecular weight is 196 g/mol. The molecule has 0 saturated carbocycles. The number of halogens is 4. The van der Waals surface area contributed by atoms with Crippen LogP contribution < -0.4 is 0 Å². The molecule has 5 heteroatoms. The zero-order valence-electron chi connectivity index (χ0n) is 7.04. The molecular formula is C8H8F4O. The molecule has 1 aliphatic rings. The van der Waals surface area contributed by atoms with Crippen LogP contribution >= 0.6 is 0 Å². The van der Waals surface area contributed by atoms with Crippen LogP contribution in [0.5, 0.6) is 0 Å². The van der Waals surface area contributed by atoms with Crippen molar-refractivity contribution < 1.29 is 22.7 Å². The van der Waals surface area contributed by atoms with Crippen molar-refractivity contribution in [1.82, 2.24) is 0 Å². The highest BCUT2D eigenvalue weighted by atomic mass is 19.2. The highest BCUT2D eigenvalue weighted by Gasteiger charge is 2.46. The maximum absolute atomic E-state index is 12.9. The molecule has 1 aliphatic carbocycles. The van der Waals surface area contributed by atoms with Crippen LogP contribution in [-0.4, -0.2) is 16.9 Å². The molecule has 0 radical (unpaired) electrons. The first kappa shape index (κ1) is 10.2. The van der Waals surface area contributed by atoms with E-state index in [4.69, 9.17) is 5.11 Å². The van der Waals surface area contributed by atoms with Crippen LogP contribution in [0.2, 0.25) is 0 Å². The van der Waals surface area contributed by atoms with Gasteiger partial charge in [-0.1, -0.05) is 0 Å². The van der Waals surface area contributed by atoms with Crippen LogP contribution in [0, 0.1) is 0 Å². The fraction of sp³-hybridized carbons (Fsp3) is 0.500. The molecule has 0 aromatic heterocycles. The largest absolute Gasteiger partial charge is 0.379 e. The molecule has 2 unspecified atom stereocenters. The van der Waals surface area contributed by atoms with Gasteiger partial charge in [-0.2, -0.15) is 0 Å². The van der Waals surface area contributed by atoms with Gasteiger partial charge in [0.1, 0.15) is 5.83 Å². The monoisotopic (exact) mass is 196 g/mol. The van der Waals surface area contributed by atoms with Gasteiger partial charge in [-0.3, -0.25) is 0 Å². The average Bonchev–Trinajstić information content (AvgIpc) is 2.09. The lowest BCUT2D eigenvalue weighted by Crippen LogP contribution is -2.40. The van der Waals surface area contributed by atoms with Crippen LogP contribution in [0.3, 0.4) is 0 Å². The summed E-state index contributed by atoms with van der Waals surface area (Å²) in [6.07, 6.45) is -2.55. The Bertz CT molecular complexity index is 303. The molecule has 0 bridgehead atoms. The third-order valence-corrected chi connectivity index (χ3v) is 2.04. The smallest absolute Gasteiger partial charge is 0.186 e. The Labute approximate surface area is 72.4 Å². The minimum Gasteiger partial charge on any atom is -0.379 e. The Morgan fingerprint density at radius 3 is 2.23 bits per heavy atom. The van der Waals surface area contributed by atoms with Gasteiger partial charge in [0.05, 0.1) is 0 Å². The molecule has 0 spiro atoms. The predicted molar refractivity (Wildman–Crippen MR) is 38.6 cm³/mol. The molecule has 74 valence electrons. The highest BCUT2D eigenvalue weighted by Crippen LogP contribution is 2.40. The van der Waals surface area contributed by atoms with Crippen molar-refractivity contribution in [2.24, 2.45) is 0 Å². The lowest BCUT2D eigenvalue weighted by molar-refractivity contribution is -0.00489. The topological polar surface area (TPSA) is 20.2 Å². The zero-order chi connectivity index (χ0) is 10.4. The fourth-order valence-corrected chi connectivity index (χ4v) is 1.04. The van der Waals surface area contributed by atoms with Gasteiger partial charge in [0.25, 0.3) is 0 Å². The molecule has 0 aromatic rings. The van der Waals surface area contributed by atoms with Crippen LogP contribution in [-0.2, 0) is 0 Å². The van der Waals surface area contributed by atoms with E-state index in [1.807, 2.05) is 0 Å². The number of aliphatic hydroxyl groups is 1. The molecule has 1 rings (SSSR count). The molecule has 0 amide bonds. The van der Waals surface area contributed by atoms with Crippen LogP contribution in [0.25, 0.3) is 0 Å². The Morgan fingerprint density at radius 2 is 1.77 bits per heavy atom. The molecule has 0 aromatic carbocycles. The molecule has 2 atom stereocenters. The SMILES string of the molecule is CC1=C(F)C(F)C(C)(O)C(F)=C1F. The third-order valence-electron chi connectivity index (χ3n) is 2.04. The van der Waals surface area contributed by atoms with E-state index < -0.39 is 34.8 Å². The van der Waals surface area contributed by atoms with Gasteiger partial charge in [-0.05, 0) is 13.8 Å². The van der Waals surface area contributed by atoms with E-state index in [1.54, 1.807) is 0 Å². The summed E-state index contributed by atoms with van der Waals surface area (Å²) in [5.41, 5.74) is -3.48. The molecular weight excluding hydrogens is 188 g/mol. The lowest BCUT2D eigenvalue weighted by atomic mass is 9.89. The van der Waals surface area contributed by atoms with Crippen molar-refractivity contribution in [3.05, 3.63) is 23.1 Å². The van der Waals surface area contributed by atoms with Gasteiger partial charge >= 0.3 is 0 Å². The molecule has 0 heterocycles. The molecule has 0 fully saturated rings. The van der Waals surface area contributed by atoms with E-state index in [2.05, 4.69) is 0 Å². The second-order valence-electron chi connectivity index (χ2n) is 3.11. The van der Waals surface area contributed by atoms with Gasteiger partial charge < -0.3 is 5.11 Å². The molecule has 1 N–H and O–H groups in total. The van der Waals surface area contributed by atoms with E-state index in [-0.39, 0.29) is 0 Å². The van der Waals surface area contributed by atoms with Crippen molar-refractivity contribution in [2.75, 3.05) is 0 Å². The standard InChI is InChI=1S/C8H8F4O/c1-3-4(9)6(11)8(2,13)7(12)5(3)10/h6,13H,1-2H3. The summed E-state index contributed by atoms with van der Waals surface area (Å²) < 4.78 is 51.3. The predicted octanol–water partition coefficient (Wildman–Crippen LogP) is 2.48. The lowest BCUT2D eigenvalue weighted by Gasteiger charge is -2.29. The summed E-state index contributed by atoms with van der Waals surface area (Å²) in [6.45, 7) is 1.59. The normalized spacial score (nSPS) is 35.8. The maximum atomic E-state index is 12.9. The van der Waals surface area contributed by atoms with Crippen LogP contribution in [0.15, 0.2) is 23.1 Å². The highest BCUT2D eigenvalue weighted by molar-refractivity contribution is 5.40. The number of hydrogen-bond donors (Lipinski definition) is 1. The van der Waals surface area contributed by atoms with Gasteiger partial charge in [0.15, 0.2) is 23.4 Å².